The highest BCUT2D eigenvalue weighted by Crippen LogP contribution is 2.13. The lowest BCUT2D eigenvalue weighted by molar-refractivity contribution is 0.316. The number of rotatable bonds is 2. The number of aromatic nitrogens is 1. The van der Waals surface area contributed by atoms with Crippen molar-refractivity contribution in [1.82, 2.24) is 10.5 Å². The van der Waals surface area contributed by atoms with E-state index in [1.165, 1.54) is 0 Å². The Kier molecular flexibility index (Phi) is 2.20. The fourth-order valence-corrected chi connectivity index (χ4v) is 1.43. The van der Waals surface area contributed by atoms with Crippen LogP contribution in [0.1, 0.15) is 11.5 Å². The zero-order chi connectivity index (χ0) is 10.9. The van der Waals surface area contributed by atoms with E-state index >= 15 is 0 Å². The molecule has 2 heterocycles. The van der Waals surface area contributed by atoms with Crippen LogP contribution < -0.4 is 16.8 Å². The molecule has 1 aliphatic rings. The van der Waals surface area contributed by atoms with Crippen molar-refractivity contribution >= 4 is 5.84 Å². The topological polar surface area (TPSA) is 102 Å². The van der Waals surface area contributed by atoms with Gasteiger partial charge in [0.1, 0.15) is 11.6 Å². The van der Waals surface area contributed by atoms with Gasteiger partial charge in [0.15, 0.2) is 5.79 Å². The summed E-state index contributed by atoms with van der Waals surface area (Å²) in [5.41, 5.74) is 12.4. The first-order valence-electron chi connectivity index (χ1n) is 4.58. The Hall–Kier alpha value is -1.82. The molecular weight excluding hydrogens is 194 g/mol. The zero-order valence-electron chi connectivity index (χ0n) is 8.40. The van der Waals surface area contributed by atoms with Gasteiger partial charge in [-0.05, 0) is 13.0 Å². The van der Waals surface area contributed by atoms with E-state index in [0.29, 0.717) is 18.0 Å². The van der Waals surface area contributed by atoms with E-state index in [1.807, 2.05) is 13.0 Å². The number of aryl methyl sites for hydroxylation is 1. The summed E-state index contributed by atoms with van der Waals surface area (Å²) >= 11 is 0. The van der Waals surface area contributed by atoms with Gasteiger partial charge in [0, 0.05) is 12.3 Å². The quantitative estimate of drug-likeness (QED) is 0.613. The van der Waals surface area contributed by atoms with Crippen molar-refractivity contribution < 1.29 is 4.52 Å². The standard InChI is InChI=1S/C9H13N5O/c1-6-4-7(15-14-6)5-9(11)12-3-2-8(10)13-9/h2-4,12H,5,11H2,1H3,(H2,10,13). The first kappa shape index (κ1) is 9.72. The molecule has 6 nitrogen and oxygen atoms in total. The molecule has 1 unspecified atom stereocenters. The molecule has 15 heavy (non-hydrogen) atoms. The Labute approximate surface area is 87.0 Å². The minimum Gasteiger partial charge on any atom is -0.384 e. The lowest BCUT2D eigenvalue weighted by atomic mass is 10.2. The summed E-state index contributed by atoms with van der Waals surface area (Å²) in [5.74, 6) is 0.131. The van der Waals surface area contributed by atoms with E-state index in [1.54, 1.807) is 12.3 Å². The molecule has 0 saturated carbocycles. The van der Waals surface area contributed by atoms with Crippen LogP contribution in [0.25, 0.3) is 0 Å². The first-order valence-corrected chi connectivity index (χ1v) is 4.58. The Morgan fingerprint density at radius 2 is 2.40 bits per heavy atom. The van der Waals surface area contributed by atoms with Crippen LogP contribution in [-0.2, 0) is 6.42 Å². The third kappa shape index (κ3) is 2.16. The highest BCUT2D eigenvalue weighted by Gasteiger charge is 2.26. The van der Waals surface area contributed by atoms with Gasteiger partial charge in [-0.2, -0.15) is 0 Å². The Morgan fingerprint density at radius 1 is 1.60 bits per heavy atom. The number of hydrogen-bond acceptors (Lipinski definition) is 6. The number of nitrogens with one attached hydrogen (secondary N) is 1. The van der Waals surface area contributed by atoms with E-state index in [0.717, 1.165) is 5.69 Å². The highest BCUT2D eigenvalue weighted by molar-refractivity contribution is 5.92. The molecule has 6 heteroatoms. The smallest absolute Gasteiger partial charge is 0.191 e. The molecule has 0 saturated heterocycles. The maximum absolute atomic E-state index is 5.97. The number of nitrogens with zero attached hydrogens (tertiary/aromatic N) is 2. The fourth-order valence-electron chi connectivity index (χ4n) is 1.43. The van der Waals surface area contributed by atoms with Crippen molar-refractivity contribution in [2.45, 2.75) is 19.1 Å². The van der Waals surface area contributed by atoms with Gasteiger partial charge < -0.3 is 15.6 Å². The van der Waals surface area contributed by atoms with Crippen LogP contribution in [-0.4, -0.2) is 16.8 Å². The van der Waals surface area contributed by atoms with Crippen molar-refractivity contribution in [2.24, 2.45) is 16.5 Å². The number of amidine groups is 1. The normalized spacial score (nSPS) is 24.8. The molecule has 1 atom stereocenters. The van der Waals surface area contributed by atoms with E-state index in [4.69, 9.17) is 16.0 Å². The van der Waals surface area contributed by atoms with Crippen molar-refractivity contribution in [1.29, 1.82) is 0 Å². The van der Waals surface area contributed by atoms with E-state index in [2.05, 4.69) is 15.5 Å². The maximum Gasteiger partial charge on any atom is 0.191 e. The maximum atomic E-state index is 5.97. The summed E-state index contributed by atoms with van der Waals surface area (Å²) in [6, 6.07) is 1.82. The summed E-state index contributed by atoms with van der Waals surface area (Å²) in [5, 5.41) is 6.70. The summed E-state index contributed by atoms with van der Waals surface area (Å²) in [6.45, 7) is 1.85. The Balaban J connectivity index is 2.15. The number of hydrogen-bond donors (Lipinski definition) is 3. The minimum absolute atomic E-state index is 0.396. The molecule has 1 aromatic heterocycles. The zero-order valence-corrected chi connectivity index (χ0v) is 8.40. The molecule has 0 spiro atoms. The highest BCUT2D eigenvalue weighted by atomic mass is 16.5. The van der Waals surface area contributed by atoms with Gasteiger partial charge in [0.25, 0.3) is 0 Å². The molecule has 1 aliphatic heterocycles. The van der Waals surface area contributed by atoms with Crippen LogP contribution in [0.4, 0.5) is 0 Å². The van der Waals surface area contributed by atoms with Gasteiger partial charge in [-0.15, -0.1) is 0 Å². The molecule has 5 N–H and O–H groups in total. The summed E-state index contributed by atoms with van der Waals surface area (Å²) < 4.78 is 5.06. The number of aliphatic imine (C=N–C) groups is 1. The summed E-state index contributed by atoms with van der Waals surface area (Å²) in [7, 11) is 0. The van der Waals surface area contributed by atoms with E-state index < -0.39 is 5.79 Å². The second-order valence-corrected chi connectivity index (χ2v) is 3.55. The van der Waals surface area contributed by atoms with Crippen LogP contribution in [0.15, 0.2) is 27.9 Å². The minimum atomic E-state index is -0.940. The van der Waals surface area contributed by atoms with Gasteiger partial charge in [-0.25, -0.2) is 4.99 Å². The van der Waals surface area contributed by atoms with E-state index in [9.17, 15) is 0 Å². The second-order valence-electron chi connectivity index (χ2n) is 3.55. The molecule has 0 fully saturated rings. The summed E-state index contributed by atoms with van der Waals surface area (Å²) in [4.78, 5) is 4.11. The van der Waals surface area contributed by atoms with Gasteiger partial charge in [0.2, 0.25) is 0 Å². The second kappa shape index (κ2) is 3.39. The largest absolute Gasteiger partial charge is 0.384 e. The molecule has 0 radical (unpaired) electrons. The van der Waals surface area contributed by atoms with Crippen molar-refractivity contribution in [2.75, 3.05) is 0 Å². The van der Waals surface area contributed by atoms with Crippen molar-refractivity contribution in [3.05, 3.63) is 29.8 Å². The van der Waals surface area contributed by atoms with Crippen LogP contribution >= 0.6 is 0 Å². The molecule has 0 bridgehead atoms. The first-order chi connectivity index (χ1) is 7.07. The summed E-state index contributed by atoms with van der Waals surface area (Å²) in [6.07, 6.45) is 3.72. The van der Waals surface area contributed by atoms with Crippen molar-refractivity contribution in [3.8, 4) is 0 Å². The Bertz CT molecular complexity index is 422. The Morgan fingerprint density at radius 3 is 3.00 bits per heavy atom. The molecule has 2 rings (SSSR count). The average molecular weight is 207 g/mol. The van der Waals surface area contributed by atoms with Gasteiger partial charge in [0.05, 0.1) is 12.1 Å². The van der Waals surface area contributed by atoms with Crippen LogP contribution in [0.5, 0.6) is 0 Å². The number of nitrogens with two attached hydrogens (primary N) is 2. The molecular formula is C9H13N5O. The monoisotopic (exact) mass is 207 g/mol. The predicted octanol–water partition coefficient (Wildman–Crippen LogP) is -0.388. The van der Waals surface area contributed by atoms with Crippen molar-refractivity contribution in [3.63, 3.8) is 0 Å². The molecule has 0 aliphatic carbocycles. The van der Waals surface area contributed by atoms with Gasteiger partial charge in [-0.1, -0.05) is 5.16 Å². The molecule has 80 valence electrons. The van der Waals surface area contributed by atoms with Crippen LogP contribution in [0, 0.1) is 6.92 Å². The molecule has 1 aromatic rings. The fraction of sp³-hybridized carbons (Fsp3) is 0.333. The SMILES string of the molecule is Cc1cc(CC2(N)N=C(N)C=CN2)on1. The third-order valence-electron chi connectivity index (χ3n) is 2.04. The van der Waals surface area contributed by atoms with Crippen LogP contribution in [0.3, 0.4) is 0 Å². The predicted molar refractivity (Wildman–Crippen MR) is 55.8 cm³/mol. The lowest BCUT2D eigenvalue weighted by Crippen LogP contribution is -2.54. The van der Waals surface area contributed by atoms with E-state index in [-0.39, 0.29) is 0 Å². The van der Waals surface area contributed by atoms with Gasteiger partial charge in [-0.3, -0.25) is 5.73 Å². The van der Waals surface area contributed by atoms with Crippen LogP contribution in [0.2, 0.25) is 0 Å². The average Bonchev–Trinajstić information content (AvgIpc) is 2.49. The molecule has 0 amide bonds. The molecule has 0 aromatic carbocycles. The van der Waals surface area contributed by atoms with Gasteiger partial charge >= 0.3 is 0 Å². The lowest BCUT2D eigenvalue weighted by Gasteiger charge is -2.27. The third-order valence-corrected chi connectivity index (χ3v) is 2.04.